The summed E-state index contributed by atoms with van der Waals surface area (Å²) in [4.78, 5) is 17.9. The molecule has 2 aliphatic rings. The number of nitrogens with two attached hydrogens (primary N) is 1. The van der Waals surface area contributed by atoms with Crippen molar-refractivity contribution in [2.45, 2.75) is 50.5 Å². The van der Waals surface area contributed by atoms with Crippen molar-refractivity contribution in [3.05, 3.63) is 65.2 Å². The number of nitrogen functional groups attached to an aromatic ring is 1. The maximum absolute atomic E-state index is 13.5. The fourth-order valence-electron chi connectivity index (χ4n) is 5.13. The monoisotopic (exact) mass is 434 g/mol. The Labute approximate surface area is 190 Å². The molecule has 4 rings (SSSR count). The van der Waals surface area contributed by atoms with Crippen molar-refractivity contribution in [3.63, 3.8) is 0 Å². The summed E-state index contributed by atoms with van der Waals surface area (Å²) in [5, 5.41) is 17.2. The van der Waals surface area contributed by atoms with Gasteiger partial charge in [0.2, 0.25) is 5.91 Å². The molecular formula is C26H34N4O2. The minimum absolute atomic E-state index is 0.0220. The van der Waals surface area contributed by atoms with Gasteiger partial charge < -0.3 is 15.7 Å². The Morgan fingerprint density at radius 3 is 2.72 bits per heavy atom. The predicted molar refractivity (Wildman–Crippen MR) is 128 cm³/mol. The largest absolute Gasteiger partial charge is 0.395 e. The van der Waals surface area contributed by atoms with Gasteiger partial charge >= 0.3 is 0 Å². The van der Waals surface area contributed by atoms with Crippen LogP contribution in [0.25, 0.3) is 0 Å². The number of amidine groups is 1. The normalized spacial score (nSPS) is 21.0. The second kappa shape index (κ2) is 10.3. The molecule has 0 bridgehead atoms. The Morgan fingerprint density at radius 1 is 1.09 bits per heavy atom. The van der Waals surface area contributed by atoms with Crippen LogP contribution in [0.5, 0.6) is 0 Å². The molecule has 6 nitrogen and oxygen atoms in total. The Balaban J connectivity index is 1.42. The molecule has 2 atom stereocenters. The number of aliphatic hydroxyl groups excluding tert-OH is 1. The molecule has 32 heavy (non-hydrogen) atoms. The van der Waals surface area contributed by atoms with Crippen LogP contribution in [-0.2, 0) is 11.2 Å². The molecule has 4 N–H and O–H groups in total. The zero-order chi connectivity index (χ0) is 22.5. The van der Waals surface area contributed by atoms with Crippen LogP contribution >= 0.6 is 0 Å². The summed E-state index contributed by atoms with van der Waals surface area (Å²) in [6.45, 7) is 3.08. The molecule has 170 valence electrons. The molecule has 2 aliphatic heterocycles. The third-order valence-corrected chi connectivity index (χ3v) is 6.91. The number of amides is 1. The van der Waals surface area contributed by atoms with Crippen LogP contribution in [-0.4, -0.2) is 54.0 Å². The summed E-state index contributed by atoms with van der Waals surface area (Å²) >= 11 is 0. The fourth-order valence-corrected chi connectivity index (χ4v) is 5.13. The maximum Gasteiger partial charge on any atom is 0.234 e. The van der Waals surface area contributed by atoms with Crippen LogP contribution in [0.2, 0.25) is 0 Å². The van der Waals surface area contributed by atoms with Crippen molar-refractivity contribution in [2.24, 2.45) is 5.73 Å². The summed E-state index contributed by atoms with van der Waals surface area (Å²) in [6.07, 6.45) is 6.05. The Kier molecular flexibility index (Phi) is 7.22. The molecular weight excluding hydrogens is 400 g/mol. The van der Waals surface area contributed by atoms with E-state index in [0.29, 0.717) is 24.6 Å². The van der Waals surface area contributed by atoms with Crippen molar-refractivity contribution >= 4 is 17.4 Å². The minimum atomic E-state index is -0.251. The maximum atomic E-state index is 13.5. The SMILES string of the molecule is N=C(N)c1cccc(C2Cc3ccccc3N(CCCCCN3CCCC3CO)C2=O)c1. The van der Waals surface area contributed by atoms with E-state index in [9.17, 15) is 9.90 Å². The van der Waals surface area contributed by atoms with E-state index in [4.69, 9.17) is 11.1 Å². The molecule has 0 radical (unpaired) electrons. The van der Waals surface area contributed by atoms with E-state index in [2.05, 4.69) is 11.0 Å². The number of anilines is 1. The van der Waals surface area contributed by atoms with Crippen molar-refractivity contribution in [1.29, 1.82) is 5.41 Å². The van der Waals surface area contributed by atoms with Crippen LogP contribution in [0.3, 0.4) is 0 Å². The lowest BCUT2D eigenvalue weighted by Gasteiger charge is -2.34. The summed E-state index contributed by atoms with van der Waals surface area (Å²) in [5.41, 5.74) is 9.47. The van der Waals surface area contributed by atoms with Gasteiger partial charge in [0.1, 0.15) is 5.84 Å². The van der Waals surface area contributed by atoms with Gasteiger partial charge in [-0.1, -0.05) is 42.8 Å². The van der Waals surface area contributed by atoms with Crippen molar-refractivity contribution < 1.29 is 9.90 Å². The first-order chi connectivity index (χ1) is 15.6. The highest BCUT2D eigenvalue weighted by Crippen LogP contribution is 2.36. The first kappa shape index (κ1) is 22.5. The molecule has 1 saturated heterocycles. The van der Waals surface area contributed by atoms with Gasteiger partial charge in [0.15, 0.2) is 0 Å². The first-order valence-corrected chi connectivity index (χ1v) is 11.8. The molecule has 2 unspecified atom stereocenters. The number of unbranched alkanes of at least 4 members (excludes halogenated alkanes) is 2. The van der Waals surface area contributed by atoms with Gasteiger partial charge in [-0.05, 0) is 68.5 Å². The van der Waals surface area contributed by atoms with Gasteiger partial charge in [-0.2, -0.15) is 0 Å². The van der Waals surface area contributed by atoms with Gasteiger partial charge in [0, 0.05) is 23.8 Å². The Hall–Kier alpha value is -2.70. The number of rotatable bonds is 9. The highest BCUT2D eigenvalue weighted by atomic mass is 16.3. The van der Waals surface area contributed by atoms with E-state index in [-0.39, 0.29) is 24.3 Å². The van der Waals surface area contributed by atoms with E-state index in [0.717, 1.165) is 50.0 Å². The third kappa shape index (κ3) is 4.87. The second-order valence-electron chi connectivity index (χ2n) is 8.99. The molecule has 2 aromatic carbocycles. The van der Waals surface area contributed by atoms with Crippen molar-refractivity contribution in [1.82, 2.24) is 4.90 Å². The van der Waals surface area contributed by atoms with Gasteiger partial charge in [-0.15, -0.1) is 0 Å². The molecule has 1 fully saturated rings. The summed E-state index contributed by atoms with van der Waals surface area (Å²) < 4.78 is 0. The number of carbonyl (C=O) groups is 1. The van der Waals surface area contributed by atoms with Crippen molar-refractivity contribution in [2.75, 3.05) is 31.1 Å². The molecule has 0 saturated carbocycles. The number of benzene rings is 2. The molecule has 1 amide bonds. The van der Waals surface area contributed by atoms with E-state index < -0.39 is 0 Å². The van der Waals surface area contributed by atoms with Crippen LogP contribution < -0.4 is 10.6 Å². The number of fused-ring (bicyclic) bond motifs is 1. The molecule has 0 aromatic heterocycles. The number of likely N-dealkylation sites (tertiary alicyclic amines) is 1. The van der Waals surface area contributed by atoms with E-state index >= 15 is 0 Å². The first-order valence-electron chi connectivity index (χ1n) is 11.8. The zero-order valence-corrected chi connectivity index (χ0v) is 18.7. The smallest absolute Gasteiger partial charge is 0.234 e. The van der Waals surface area contributed by atoms with Crippen LogP contribution in [0.1, 0.15) is 54.7 Å². The van der Waals surface area contributed by atoms with E-state index in [1.165, 1.54) is 12.0 Å². The predicted octanol–water partition coefficient (Wildman–Crippen LogP) is 3.27. The zero-order valence-electron chi connectivity index (χ0n) is 18.7. The summed E-state index contributed by atoms with van der Waals surface area (Å²) in [6, 6.07) is 16.1. The van der Waals surface area contributed by atoms with Crippen LogP contribution in [0.4, 0.5) is 5.69 Å². The van der Waals surface area contributed by atoms with E-state index in [1.54, 1.807) is 0 Å². The van der Waals surface area contributed by atoms with Gasteiger partial charge in [0.05, 0.1) is 12.5 Å². The number of nitrogens with one attached hydrogen (secondary N) is 1. The highest BCUT2D eigenvalue weighted by molar-refractivity contribution is 6.01. The number of nitrogens with zero attached hydrogens (tertiary/aromatic N) is 2. The number of carbonyl (C=O) groups excluding carboxylic acids is 1. The number of hydrogen-bond acceptors (Lipinski definition) is 4. The molecule has 0 spiro atoms. The standard InChI is InChI=1S/C26H34N4O2/c27-25(28)21-10-6-9-19(16-21)23-17-20-8-2-3-12-24(20)30(26(23)32)15-5-1-4-13-29-14-7-11-22(29)18-31/h2-3,6,8-10,12,16,22-23,31H,1,4-5,7,11,13-15,17-18H2,(H3,27,28). The van der Waals surface area contributed by atoms with E-state index in [1.807, 2.05) is 47.4 Å². The molecule has 2 aromatic rings. The lowest BCUT2D eigenvalue weighted by Crippen LogP contribution is -2.41. The third-order valence-electron chi connectivity index (χ3n) is 6.91. The van der Waals surface area contributed by atoms with Crippen LogP contribution in [0, 0.1) is 5.41 Å². The summed E-state index contributed by atoms with van der Waals surface area (Å²) in [7, 11) is 0. The lowest BCUT2D eigenvalue weighted by molar-refractivity contribution is -0.120. The lowest BCUT2D eigenvalue weighted by atomic mass is 9.85. The molecule has 2 heterocycles. The number of aliphatic hydroxyl groups is 1. The second-order valence-corrected chi connectivity index (χ2v) is 8.99. The fraction of sp³-hybridized carbons (Fsp3) is 0.462. The van der Waals surface area contributed by atoms with Crippen molar-refractivity contribution in [3.8, 4) is 0 Å². The van der Waals surface area contributed by atoms with Gasteiger partial charge in [-0.25, -0.2) is 0 Å². The topological polar surface area (TPSA) is 93.7 Å². The Morgan fingerprint density at radius 2 is 1.91 bits per heavy atom. The van der Waals surface area contributed by atoms with Gasteiger partial charge in [-0.3, -0.25) is 15.1 Å². The molecule has 0 aliphatic carbocycles. The number of para-hydroxylation sites is 1. The quantitative estimate of drug-likeness (QED) is 0.321. The summed E-state index contributed by atoms with van der Waals surface area (Å²) in [5.74, 6) is -0.0998. The average Bonchev–Trinajstić information content (AvgIpc) is 3.27. The van der Waals surface area contributed by atoms with Crippen LogP contribution in [0.15, 0.2) is 48.5 Å². The highest BCUT2D eigenvalue weighted by Gasteiger charge is 2.33. The Bertz CT molecular complexity index is 960. The molecule has 6 heteroatoms. The van der Waals surface area contributed by atoms with Gasteiger partial charge in [0.25, 0.3) is 0 Å². The minimum Gasteiger partial charge on any atom is -0.395 e. The number of hydrogen-bond donors (Lipinski definition) is 3. The average molecular weight is 435 g/mol.